The quantitative estimate of drug-likeness (QED) is 0.670. The average Bonchev–Trinajstić information content (AvgIpc) is 2.62. The van der Waals surface area contributed by atoms with Crippen LogP contribution in [0.1, 0.15) is 16.1 Å². The van der Waals surface area contributed by atoms with Gasteiger partial charge in [-0.1, -0.05) is 0 Å². The second-order valence-electron chi connectivity index (χ2n) is 3.70. The van der Waals surface area contributed by atoms with Crippen molar-refractivity contribution >= 4 is 28.4 Å². The topological polar surface area (TPSA) is 32.9 Å². The highest BCUT2D eigenvalue weighted by Crippen LogP contribution is 2.28. The number of hydrogen-bond donors (Lipinski definition) is 1. The van der Waals surface area contributed by atoms with E-state index >= 15 is 0 Å². The van der Waals surface area contributed by atoms with E-state index in [-0.39, 0.29) is 5.56 Å². The maximum Gasteiger partial charge on any atom is 0.300 e. The summed E-state index contributed by atoms with van der Waals surface area (Å²) in [4.78, 5) is 15.4. The number of nitrogens with one attached hydrogen (secondary N) is 1. The van der Waals surface area contributed by atoms with Crippen molar-refractivity contribution in [2.75, 3.05) is 6.26 Å². The molecule has 0 atom stereocenters. The lowest BCUT2D eigenvalue weighted by atomic mass is 10.1. The van der Waals surface area contributed by atoms with Crippen molar-refractivity contribution in [3.05, 3.63) is 29.5 Å². The molecule has 0 fully saturated rings. The number of alkyl halides is 2. The number of rotatable bonds is 3. The van der Waals surface area contributed by atoms with Crippen LogP contribution in [0.4, 0.5) is 8.78 Å². The summed E-state index contributed by atoms with van der Waals surface area (Å²) in [5, 5.41) is 0.569. The highest BCUT2D eigenvalue weighted by Gasteiger charge is 2.23. The molecule has 90 valence electrons. The van der Waals surface area contributed by atoms with Crippen LogP contribution in [-0.4, -0.2) is 23.4 Å². The number of benzene rings is 1. The predicted molar refractivity (Wildman–Crippen MR) is 65.2 cm³/mol. The number of H-pyrrole nitrogens is 1. The number of aromatic nitrogens is 1. The van der Waals surface area contributed by atoms with E-state index in [4.69, 9.17) is 0 Å². The molecule has 0 aliphatic rings. The van der Waals surface area contributed by atoms with E-state index in [1.165, 1.54) is 11.8 Å². The number of aryl methyl sites for hydroxylation is 1. The largest absolute Gasteiger partial charge is 0.358 e. The van der Waals surface area contributed by atoms with Crippen molar-refractivity contribution in [3.8, 4) is 0 Å². The van der Waals surface area contributed by atoms with Crippen molar-refractivity contribution in [2.24, 2.45) is 0 Å². The zero-order valence-electron chi connectivity index (χ0n) is 9.38. The Morgan fingerprint density at radius 1 is 1.41 bits per heavy atom. The van der Waals surface area contributed by atoms with Gasteiger partial charge in [0.25, 0.3) is 0 Å². The summed E-state index contributed by atoms with van der Waals surface area (Å²) in [5.74, 6) is -1.12. The average molecular weight is 255 g/mol. The van der Waals surface area contributed by atoms with E-state index in [1.54, 1.807) is 19.1 Å². The standard InChI is InChI=1S/C12H11F2NOS/c1-6-10(11(16)12(13)14)8-5-7(17-2)3-4-9(8)15-6/h3-5,12,15H,1-2H3. The summed E-state index contributed by atoms with van der Waals surface area (Å²) in [6, 6.07) is 5.45. The van der Waals surface area contributed by atoms with Crippen molar-refractivity contribution in [2.45, 2.75) is 18.2 Å². The number of Topliss-reactive ketones (excluding diaryl/α,β-unsaturated/α-hetero) is 1. The number of carbonyl (C=O) groups excluding carboxylic acids is 1. The Morgan fingerprint density at radius 2 is 2.12 bits per heavy atom. The van der Waals surface area contributed by atoms with Crippen molar-refractivity contribution < 1.29 is 13.6 Å². The fraction of sp³-hybridized carbons (Fsp3) is 0.250. The van der Waals surface area contributed by atoms with Gasteiger partial charge in [0.1, 0.15) is 0 Å². The number of aromatic amines is 1. The van der Waals surface area contributed by atoms with Gasteiger partial charge < -0.3 is 4.98 Å². The highest BCUT2D eigenvalue weighted by molar-refractivity contribution is 7.98. The smallest absolute Gasteiger partial charge is 0.300 e. The third kappa shape index (κ3) is 2.07. The van der Waals surface area contributed by atoms with Crippen LogP contribution in [0.2, 0.25) is 0 Å². The molecule has 0 saturated heterocycles. The predicted octanol–water partition coefficient (Wildman–Crippen LogP) is 3.65. The van der Waals surface area contributed by atoms with Gasteiger partial charge in [0.15, 0.2) is 0 Å². The van der Waals surface area contributed by atoms with Crippen LogP contribution in [0, 0.1) is 6.92 Å². The molecule has 1 N–H and O–H groups in total. The summed E-state index contributed by atoms with van der Waals surface area (Å²) in [7, 11) is 0. The maximum absolute atomic E-state index is 12.5. The summed E-state index contributed by atoms with van der Waals surface area (Å²) in [6.07, 6.45) is -1.07. The van der Waals surface area contributed by atoms with Crippen LogP contribution < -0.4 is 0 Å². The van der Waals surface area contributed by atoms with Crippen LogP contribution in [0.5, 0.6) is 0 Å². The third-order valence-electron chi connectivity index (χ3n) is 2.64. The van der Waals surface area contributed by atoms with Gasteiger partial charge >= 0.3 is 6.43 Å². The van der Waals surface area contributed by atoms with Crippen LogP contribution in [0.25, 0.3) is 10.9 Å². The Labute approximate surface area is 101 Å². The van der Waals surface area contributed by atoms with Gasteiger partial charge in [-0.05, 0) is 31.4 Å². The monoisotopic (exact) mass is 255 g/mol. The lowest BCUT2D eigenvalue weighted by Crippen LogP contribution is -2.10. The van der Waals surface area contributed by atoms with E-state index in [0.717, 1.165) is 4.90 Å². The molecule has 5 heteroatoms. The van der Waals surface area contributed by atoms with E-state index in [9.17, 15) is 13.6 Å². The minimum atomic E-state index is -2.97. The SMILES string of the molecule is CSc1ccc2[nH]c(C)c(C(=O)C(F)F)c2c1. The Morgan fingerprint density at radius 3 is 2.71 bits per heavy atom. The molecule has 0 spiro atoms. The first-order valence-corrected chi connectivity index (χ1v) is 6.25. The van der Waals surface area contributed by atoms with E-state index in [1.807, 2.05) is 12.3 Å². The zero-order chi connectivity index (χ0) is 12.6. The minimum absolute atomic E-state index is 0.103. The van der Waals surface area contributed by atoms with Crippen molar-refractivity contribution in [3.63, 3.8) is 0 Å². The summed E-state index contributed by atoms with van der Waals surface area (Å²) >= 11 is 1.51. The Balaban J connectivity index is 2.68. The molecule has 1 heterocycles. The Kier molecular flexibility index (Phi) is 3.19. The molecule has 0 aliphatic heterocycles. The lowest BCUT2D eigenvalue weighted by Gasteiger charge is -2.00. The van der Waals surface area contributed by atoms with Crippen LogP contribution >= 0.6 is 11.8 Å². The van der Waals surface area contributed by atoms with Crippen molar-refractivity contribution in [1.82, 2.24) is 4.98 Å². The third-order valence-corrected chi connectivity index (χ3v) is 3.36. The van der Waals surface area contributed by atoms with Gasteiger partial charge in [0.2, 0.25) is 5.78 Å². The highest BCUT2D eigenvalue weighted by atomic mass is 32.2. The molecule has 17 heavy (non-hydrogen) atoms. The van der Waals surface area contributed by atoms with Gasteiger partial charge in [0, 0.05) is 21.5 Å². The van der Waals surface area contributed by atoms with Crippen LogP contribution in [0.15, 0.2) is 23.1 Å². The molecule has 1 aromatic heterocycles. The molecule has 0 bridgehead atoms. The molecule has 2 aromatic rings. The zero-order valence-corrected chi connectivity index (χ0v) is 10.2. The number of carbonyl (C=O) groups is 1. The van der Waals surface area contributed by atoms with E-state index in [2.05, 4.69) is 4.98 Å². The first-order chi connectivity index (χ1) is 8.04. The Bertz CT molecular complexity index is 577. The number of fused-ring (bicyclic) bond motifs is 1. The van der Waals surface area contributed by atoms with E-state index in [0.29, 0.717) is 16.6 Å². The first kappa shape index (κ1) is 12.1. The van der Waals surface area contributed by atoms with Gasteiger partial charge in [-0.3, -0.25) is 4.79 Å². The molecular formula is C12H11F2NOS. The fourth-order valence-corrected chi connectivity index (χ4v) is 2.30. The number of thioether (sulfide) groups is 1. The molecule has 0 saturated carbocycles. The molecule has 0 radical (unpaired) electrons. The molecular weight excluding hydrogens is 244 g/mol. The molecule has 1 aromatic carbocycles. The molecule has 0 unspecified atom stereocenters. The molecule has 0 amide bonds. The number of ketones is 1. The van der Waals surface area contributed by atoms with Gasteiger partial charge in [-0.15, -0.1) is 11.8 Å². The second kappa shape index (κ2) is 4.49. The molecule has 2 nitrogen and oxygen atoms in total. The van der Waals surface area contributed by atoms with Crippen LogP contribution in [-0.2, 0) is 0 Å². The van der Waals surface area contributed by atoms with Gasteiger partial charge in [-0.2, -0.15) is 0 Å². The lowest BCUT2D eigenvalue weighted by molar-refractivity contribution is 0.0680. The fourth-order valence-electron chi connectivity index (χ4n) is 1.86. The number of halogens is 2. The normalized spacial score (nSPS) is 11.4. The van der Waals surface area contributed by atoms with E-state index < -0.39 is 12.2 Å². The Hall–Kier alpha value is -1.36. The summed E-state index contributed by atoms with van der Waals surface area (Å²) in [5.41, 5.74) is 1.30. The minimum Gasteiger partial charge on any atom is -0.358 e. The maximum atomic E-state index is 12.5. The first-order valence-electron chi connectivity index (χ1n) is 5.03. The van der Waals surface area contributed by atoms with Gasteiger partial charge in [0.05, 0.1) is 5.56 Å². The molecule has 0 aliphatic carbocycles. The summed E-state index contributed by atoms with van der Waals surface area (Å²) in [6.45, 7) is 1.63. The van der Waals surface area contributed by atoms with Gasteiger partial charge in [-0.25, -0.2) is 8.78 Å². The molecule has 2 rings (SSSR count). The number of hydrogen-bond acceptors (Lipinski definition) is 2. The van der Waals surface area contributed by atoms with Crippen molar-refractivity contribution in [1.29, 1.82) is 0 Å². The van der Waals surface area contributed by atoms with Crippen LogP contribution in [0.3, 0.4) is 0 Å². The second-order valence-corrected chi connectivity index (χ2v) is 4.58. The summed E-state index contributed by atoms with van der Waals surface area (Å²) < 4.78 is 25.0.